The Labute approximate surface area is 128 Å². The Kier molecular flexibility index (Phi) is 3.04. The Balaban J connectivity index is 1.88. The van der Waals surface area contributed by atoms with Gasteiger partial charge in [0, 0.05) is 29.0 Å². The van der Waals surface area contributed by atoms with Crippen molar-refractivity contribution in [1.82, 2.24) is 9.55 Å². The van der Waals surface area contributed by atoms with Crippen LogP contribution in [0, 0.1) is 0 Å². The zero-order chi connectivity index (χ0) is 14.9. The molecule has 2 aromatic carbocycles. The number of aromatic nitrogens is 2. The largest absolute Gasteiger partial charge is 0.497 e. The Morgan fingerprint density at radius 1 is 0.909 bits per heavy atom. The molecule has 4 aromatic rings. The minimum atomic E-state index is 0.819. The highest BCUT2D eigenvalue weighted by molar-refractivity contribution is 6.07. The zero-order valence-electron chi connectivity index (χ0n) is 12.4. The van der Waals surface area contributed by atoms with Crippen molar-refractivity contribution in [2.75, 3.05) is 7.11 Å². The Bertz CT molecular complexity index is 885. The average molecular weight is 288 g/mol. The second-order valence-corrected chi connectivity index (χ2v) is 5.34. The van der Waals surface area contributed by atoms with Crippen LogP contribution in [0.15, 0.2) is 67.0 Å². The molecule has 3 nitrogen and oxygen atoms in total. The lowest BCUT2D eigenvalue weighted by molar-refractivity contribution is 0.414. The summed E-state index contributed by atoms with van der Waals surface area (Å²) in [5.74, 6) is 0.882. The number of hydrogen-bond acceptors (Lipinski definition) is 2. The number of para-hydroxylation sites is 1. The summed E-state index contributed by atoms with van der Waals surface area (Å²) in [5.41, 5.74) is 3.65. The molecule has 0 amide bonds. The molecule has 2 aromatic heterocycles. The first-order chi connectivity index (χ1) is 10.9. The second kappa shape index (κ2) is 5.19. The smallest absolute Gasteiger partial charge is 0.118 e. The molecule has 0 radical (unpaired) electrons. The molecule has 0 spiro atoms. The molecule has 0 N–H and O–H groups in total. The van der Waals surface area contributed by atoms with Crippen LogP contribution >= 0.6 is 0 Å². The van der Waals surface area contributed by atoms with E-state index in [-0.39, 0.29) is 0 Å². The van der Waals surface area contributed by atoms with Crippen molar-refractivity contribution < 1.29 is 4.74 Å². The van der Waals surface area contributed by atoms with Crippen LogP contribution in [0.3, 0.4) is 0 Å². The van der Waals surface area contributed by atoms with E-state index in [1.54, 1.807) is 7.11 Å². The highest BCUT2D eigenvalue weighted by Gasteiger charge is 2.10. The number of pyridine rings is 1. The Hall–Kier alpha value is -2.81. The van der Waals surface area contributed by atoms with Crippen LogP contribution in [-0.4, -0.2) is 16.7 Å². The van der Waals surface area contributed by atoms with E-state index in [0.29, 0.717) is 0 Å². The van der Waals surface area contributed by atoms with Gasteiger partial charge >= 0.3 is 0 Å². The number of hydrogen-bond donors (Lipinski definition) is 0. The van der Waals surface area contributed by atoms with Gasteiger partial charge in [0.15, 0.2) is 0 Å². The molecule has 0 aliphatic rings. The number of nitrogens with zero attached hydrogens (tertiary/aromatic N) is 2. The summed E-state index contributed by atoms with van der Waals surface area (Å²) >= 11 is 0. The predicted octanol–water partition coefficient (Wildman–Crippen LogP) is 4.25. The standard InChI is InChI=1S/C19H16N2O/c1-22-15-8-6-14(7-9-15)13-21-18-5-3-2-4-16(18)17-10-11-20-12-19(17)21/h2-12H,13H2,1H3. The molecule has 22 heavy (non-hydrogen) atoms. The van der Waals surface area contributed by atoms with Gasteiger partial charge in [-0.25, -0.2) is 0 Å². The van der Waals surface area contributed by atoms with Gasteiger partial charge in [0.05, 0.1) is 18.8 Å². The quantitative estimate of drug-likeness (QED) is 0.563. The predicted molar refractivity (Wildman–Crippen MR) is 89.3 cm³/mol. The topological polar surface area (TPSA) is 27.1 Å². The molecule has 2 heterocycles. The van der Waals surface area contributed by atoms with Crippen LogP contribution in [0.1, 0.15) is 5.56 Å². The normalized spacial score (nSPS) is 11.1. The van der Waals surface area contributed by atoms with Crippen molar-refractivity contribution >= 4 is 21.8 Å². The zero-order valence-corrected chi connectivity index (χ0v) is 12.4. The van der Waals surface area contributed by atoms with E-state index in [0.717, 1.165) is 12.3 Å². The van der Waals surface area contributed by atoms with E-state index in [1.807, 2.05) is 24.5 Å². The molecular weight excluding hydrogens is 272 g/mol. The Morgan fingerprint density at radius 3 is 2.50 bits per heavy atom. The Morgan fingerprint density at radius 2 is 1.68 bits per heavy atom. The molecule has 108 valence electrons. The van der Waals surface area contributed by atoms with Crippen molar-refractivity contribution in [1.29, 1.82) is 0 Å². The van der Waals surface area contributed by atoms with Crippen molar-refractivity contribution in [3.63, 3.8) is 0 Å². The van der Waals surface area contributed by atoms with Crippen molar-refractivity contribution in [2.24, 2.45) is 0 Å². The first-order valence-electron chi connectivity index (χ1n) is 7.31. The highest BCUT2D eigenvalue weighted by Crippen LogP contribution is 2.29. The maximum Gasteiger partial charge on any atom is 0.118 e. The van der Waals surface area contributed by atoms with Gasteiger partial charge in [-0.15, -0.1) is 0 Å². The highest BCUT2D eigenvalue weighted by atomic mass is 16.5. The first kappa shape index (κ1) is 12.9. The van der Waals surface area contributed by atoms with Crippen LogP contribution in [0.4, 0.5) is 0 Å². The van der Waals surface area contributed by atoms with Gasteiger partial charge in [-0.2, -0.15) is 0 Å². The lowest BCUT2D eigenvalue weighted by Gasteiger charge is -2.08. The fourth-order valence-corrected chi connectivity index (χ4v) is 2.98. The van der Waals surface area contributed by atoms with E-state index >= 15 is 0 Å². The summed E-state index contributed by atoms with van der Waals surface area (Å²) in [6.45, 7) is 0.819. The summed E-state index contributed by atoms with van der Waals surface area (Å²) in [6, 6.07) is 18.8. The third-order valence-corrected chi connectivity index (χ3v) is 4.08. The summed E-state index contributed by atoms with van der Waals surface area (Å²) in [4.78, 5) is 4.30. The number of rotatable bonds is 3. The fraction of sp³-hybridized carbons (Fsp3) is 0.105. The van der Waals surface area contributed by atoms with Gasteiger partial charge in [-0.3, -0.25) is 4.98 Å². The molecule has 0 bridgehead atoms. The van der Waals surface area contributed by atoms with E-state index in [9.17, 15) is 0 Å². The van der Waals surface area contributed by atoms with Gasteiger partial charge in [0.1, 0.15) is 5.75 Å². The van der Waals surface area contributed by atoms with Gasteiger partial charge in [0.2, 0.25) is 0 Å². The lowest BCUT2D eigenvalue weighted by atomic mass is 10.2. The van der Waals surface area contributed by atoms with Crippen LogP contribution in [0.25, 0.3) is 21.8 Å². The lowest BCUT2D eigenvalue weighted by Crippen LogP contribution is -1.99. The van der Waals surface area contributed by atoms with Crippen LogP contribution in [0.2, 0.25) is 0 Å². The van der Waals surface area contributed by atoms with E-state index in [2.05, 4.69) is 52.0 Å². The van der Waals surface area contributed by atoms with Crippen LogP contribution < -0.4 is 4.74 Å². The summed E-state index contributed by atoms with van der Waals surface area (Å²) in [5, 5.41) is 2.52. The molecule has 0 aliphatic carbocycles. The van der Waals surface area contributed by atoms with E-state index in [1.165, 1.54) is 27.4 Å². The molecule has 0 fully saturated rings. The number of methoxy groups -OCH3 is 1. The summed E-state index contributed by atoms with van der Waals surface area (Å²) < 4.78 is 7.55. The summed E-state index contributed by atoms with van der Waals surface area (Å²) in [6.07, 6.45) is 3.80. The molecular formula is C19H16N2O. The number of benzene rings is 2. The molecule has 0 unspecified atom stereocenters. The van der Waals surface area contributed by atoms with E-state index < -0.39 is 0 Å². The third-order valence-electron chi connectivity index (χ3n) is 4.08. The maximum atomic E-state index is 5.23. The minimum Gasteiger partial charge on any atom is -0.497 e. The van der Waals surface area contributed by atoms with E-state index in [4.69, 9.17) is 4.74 Å². The molecule has 4 rings (SSSR count). The maximum absolute atomic E-state index is 5.23. The molecule has 0 saturated heterocycles. The first-order valence-corrected chi connectivity index (χ1v) is 7.31. The fourth-order valence-electron chi connectivity index (χ4n) is 2.98. The average Bonchev–Trinajstić information content (AvgIpc) is 2.90. The van der Waals surface area contributed by atoms with Gasteiger partial charge in [0.25, 0.3) is 0 Å². The molecule has 3 heteroatoms. The third kappa shape index (κ3) is 2.02. The van der Waals surface area contributed by atoms with Crippen molar-refractivity contribution in [2.45, 2.75) is 6.54 Å². The minimum absolute atomic E-state index is 0.819. The SMILES string of the molecule is COc1ccc(Cn2c3ccccc3c3ccncc32)cc1. The van der Waals surface area contributed by atoms with Crippen LogP contribution in [0.5, 0.6) is 5.75 Å². The number of fused-ring (bicyclic) bond motifs is 3. The molecule has 0 aliphatic heterocycles. The van der Waals surface area contributed by atoms with Gasteiger partial charge in [-0.05, 0) is 29.8 Å². The second-order valence-electron chi connectivity index (χ2n) is 5.34. The number of ether oxygens (including phenoxy) is 1. The van der Waals surface area contributed by atoms with Crippen LogP contribution in [-0.2, 0) is 6.54 Å². The van der Waals surface area contributed by atoms with Crippen molar-refractivity contribution in [3.8, 4) is 5.75 Å². The monoisotopic (exact) mass is 288 g/mol. The molecule has 0 saturated carbocycles. The molecule has 0 atom stereocenters. The van der Waals surface area contributed by atoms with Gasteiger partial charge in [-0.1, -0.05) is 30.3 Å². The summed E-state index contributed by atoms with van der Waals surface area (Å²) in [7, 11) is 1.69. The van der Waals surface area contributed by atoms with Gasteiger partial charge < -0.3 is 9.30 Å². The van der Waals surface area contributed by atoms with Crippen molar-refractivity contribution in [3.05, 3.63) is 72.6 Å².